The van der Waals surface area contributed by atoms with Crippen molar-refractivity contribution in [3.63, 3.8) is 0 Å². The number of nitrogens with zero attached hydrogens (tertiary/aromatic N) is 2. The molecule has 2 amide bonds. The van der Waals surface area contributed by atoms with Crippen LogP contribution in [0.3, 0.4) is 0 Å². The van der Waals surface area contributed by atoms with Crippen molar-refractivity contribution in [1.82, 2.24) is 9.62 Å². The molecular weight excluding hydrogens is 442 g/mol. The summed E-state index contributed by atoms with van der Waals surface area (Å²) in [6.45, 7) is 1.30. The molecule has 0 saturated carbocycles. The van der Waals surface area contributed by atoms with Crippen molar-refractivity contribution in [3.8, 4) is 0 Å². The quantitative estimate of drug-likeness (QED) is 0.709. The van der Waals surface area contributed by atoms with Gasteiger partial charge in [0.25, 0.3) is 0 Å². The third kappa shape index (κ3) is 4.56. The Hall–Kier alpha value is -1.88. The summed E-state index contributed by atoms with van der Waals surface area (Å²) < 4.78 is 27.6. The minimum atomic E-state index is -3.62. The minimum absolute atomic E-state index is 0.134. The molecule has 3 heterocycles. The summed E-state index contributed by atoms with van der Waals surface area (Å²) in [4.78, 5) is 28.4. The van der Waals surface area contributed by atoms with Gasteiger partial charge in [0.05, 0.1) is 22.9 Å². The van der Waals surface area contributed by atoms with Gasteiger partial charge in [0.2, 0.25) is 21.8 Å². The van der Waals surface area contributed by atoms with Crippen LogP contribution in [0.2, 0.25) is 0 Å². The molecule has 30 heavy (non-hydrogen) atoms. The van der Waals surface area contributed by atoms with Crippen LogP contribution >= 0.6 is 23.1 Å². The van der Waals surface area contributed by atoms with Crippen molar-refractivity contribution >= 4 is 50.6 Å². The molecule has 0 radical (unpaired) electrons. The van der Waals surface area contributed by atoms with E-state index in [1.165, 1.54) is 27.0 Å². The normalized spacial score (nSPS) is 17.6. The fourth-order valence-corrected chi connectivity index (χ4v) is 6.67. The van der Waals surface area contributed by atoms with E-state index in [0.29, 0.717) is 25.3 Å². The molecule has 0 bridgehead atoms. The van der Waals surface area contributed by atoms with Gasteiger partial charge in [-0.3, -0.25) is 9.59 Å². The van der Waals surface area contributed by atoms with Crippen LogP contribution in [0.1, 0.15) is 24.1 Å². The summed E-state index contributed by atoms with van der Waals surface area (Å²) in [7, 11) is -3.62. The molecule has 0 spiro atoms. The van der Waals surface area contributed by atoms with Crippen molar-refractivity contribution in [3.05, 3.63) is 40.6 Å². The predicted octanol–water partition coefficient (Wildman–Crippen LogP) is 2.68. The van der Waals surface area contributed by atoms with E-state index in [0.717, 1.165) is 29.0 Å². The van der Waals surface area contributed by atoms with Gasteiger partial charge in [0.1, 0.15) is 6.54 Å². The van der Waals surface area contributed by atoms with Gasteiger partial charge < -0.3 is 10.2 Å². The highest BCUT2D eigenvalue weighted by Crippen LogP contribution is 2.37. The third-order valence-corrected chi connectivity index (χ3v) is 8.99. The Kier molecular flexibility index (Phi) is 6.47. The molecule has 2 aromatic rings. The number of carbonyl (C=O) groups excluding carboxylic acids is 2. The number of thiophene rings is 1. The predicted molar refractivity (Wildman–Crippen MR) is 118 cm³/mol. The van der Waals surface area contributed by atoms with Crippen molar-refractivity contribution in [1.29, 1.82) is 0 Å². The number of hydrogen-bond acceptors (Lipinski definition) is 6. The number of sulfonamides is 1. The maximum absolute atomic E-state index is 13.1. The Labute approximate surface area is 184 Å². The number of rotatable bonds is 6. The van der Waals surface area contributed by atoms with Gasteiger partial charge >= 0.3 is 0 Å². The Bertz CT molecular complexity index is 1030. The molecule has 1 saturated heterocycles. The molecule has 7 nitrogen and oxygen atoms in total. The maximum Gasteiger partial charge on any atom is 0.243 e. The van der Waals surface area contributed by atoms with Gasteiger partial charge in [-0.1, -0.05) is 12.5 Å². The molecule has 1 fully saturated rings. The molecule has 4 rings (SSSR count). The summed E-state index contributed by atoms with van der Waals surface area (Å²) in [5.41, 5.74) is 0.487. The largest absolute Gasteiger partial charge is 0.350 e. The van der Waals surface area contributed by atoms with Crippen LogP contribution in [-0.4, -0.2) is 49.9 Å². The van der Waals surface area contributed by atoms with Crippen LogP contribution in [0.5, 0.6) is 0 Å². The number of carbonyl (C=O) groups is 2. The highest BCUT2D eigenvalue weighted by atomic mass is 32.2. The van der Waals surface area contributed by atoms with E-state index >= 15 is 0 Å². The van der Waals surface area contributed by atoms with Crippen LogP contribution in [0.4, 0.5) is 5.69 Å². The number of thioether (sulfide) groups is 1. The number of hydrogen-bond donors (Lipinski definition) is 1. The number of benzene rings is 1. The summed E-state index contributed by atoms with van der Waals surface area (Å²) >= 11 is 2.91. The van der Waals surface area contributed by atoms with Gasteiger partial charge in [0, 0.05) is 22.9 Å². The zero-order valence-electron chi connectivity index (χ0n) is 16.4. The molecule has 0 aliphatic carbocycles. The highest BCUT2D eigenvalue weighted by Gasteiger charge is 2.31. The van der Waals surface area contributed by atoms with Crippen molar-refractivity contribution in [2.45, 2.75) is 35.6 Å². The first kappa shape index (κ1) is 21.4. The lowest BCUT2D eigenvalue weighted by Crippen LogP contribution is -2.43. The third-order valence-electron chi connectivity index (χ3n) is 5.17. The van der Waals surface area contributed by atoms with Crippen molar-refractivity contribution < 1.29 is 18.0 Å². The first-order valence-electron chi connectivity index (χ1n) is 9.81. The molecule has 0 atom stereocenters. The van der Waals surface area contributed by atoms with E-state index in [9.17, 15) is 18.0 Å². The summed E-state index contributed by atoms with van der Waals surface area (Å²) in [5.74, 6) is -0.256. The molecule has 160 valence electrons. The fourth-order valence-electron chi connectivity index (χ4n) is 3.57. The molecule has 2 aliphatic heterocycles. The van der Waals surface area contributed by atoms with Crippen LogP contribution in [0.15, 0.2) is 45.5 Å². The molecule has 1 N–H and O–H groups in total. The zero-order chi connectivity index (χ0) is 21.1. The topological polar surface area (TPSA) is 86.8 Å². The number of anilines is 1. The lowest BCUT2D eigenvalue weighted by Gasteiger charge is -2.30. The second kappa shape index (κ2) is 9.09. The Morgan fingerprint density at radius 1 is 1.13 bits per heavy atom. The number of nitrogens with one attached hydrogen (secondary N) is 1. The average molecular weight is 466 g/mol. The van der Waals surface area contributed by atoms with E-state index in [-0.39, 0.29) is 29.0 Å². The molecule has 10 heteroatoms. The molecule has 2 aliphatic rings. The van der Waals surface area contributed by atoms with Crippen molar-refractivity contribution in [2.75, 3.05) is 30.3 Å². The Morgan fingerprint density at radius 3 is 2.67 bits per heavy atom. The number of piperidine rings is 1. The van der Waals surface area contributed by atoms with Gasteiger partial charge in [-0.2, -0.15) is 4.31 Å². The van der Waals surface area contributed by atoms with Gasteiger partial charge in [-0.15, -0.1) is 23.1 Å². The van der Waals surface area contributed by atoms with Gasteiger partial charge in [-0.25, -0.2) is 8.42 Å². The molecule has 1 aromatic carbocycles. The van der Waals surface area contributed by atoms with E-state index in [4.69, 9.17) is 0 Å². The SMILES string of the molecule is O=C(CN1C(=O)CSc2ccc(S(=O)(=O)N3CCCCC3)cc21)NCc1cccs1. The Balaban J connectivity index is 1.54. The second-order valence-electron chi connectivity index (χ2n) is 7.22. The standard InChI is InChI=1S/C20H23N3O4S3/c24-19(21-12-15-5-4-10-28-15)13-23-17-11-16(6-7-18(17)29-14-20(23)25)30(26,27)22-8-2-1-3-9-22/h4-7,10-11H,1-3,8-9,12-14H2,(H,21,24). The van der Waals surface area contributed by atoms with Gasteiger partial charge in [0.15, 0.2) is 0 Å². The van der Waals surface area contributed by atoms with Crippen LogP contribution in [0.25, 0.3) is 0 Å². The lowest BCUT2D eigenvalue weighted by atomic mass is 10.2. The fraction of sp³-hybridized carbons (Fsp3) is 0.400. The lowest BCUT2D eigenvalue weighted by molar-refractivity contribution is -0.123. The zero-order valence-corrected chi connectivity index (χ0v) is 18.8. The average Bonchev–Trinajstić information content (AvgIpc) is 3.28. The van der Waals surface area contributed by atoms with Crippen LogP contribution in [-0.2, 0) is 26.2 Å². The van der Waals surface area contributed by atoms with Crippen molar-refractivity contribution in [2.24, 2.45) is 0 Å². The van der Waals surface area contributed by atoms with Crippen LogP contribution < -0.4 is 10.2 Å². The number of amides is 2. The Morgan fingerprint density at radius 2 is 1.93 bits per heavy atom. The number of fused-ring (bicyclic) bond motifs is 1. The minimum Gasteiger partial charge on any atom is -0.350 e. The van der Waals surface area contributed by atoms with E-state index in [1.54, 1.807) is 23.5 Å². The highest BCUT2D eigenvalue weighted by molar-refractivity contribution is 8.00. The summed E-state index contributed by atoms with van der Waals surface area (Å²) in [5, 5.41) is 4.76. The van der Waals surface area contributed by atoms with E-state index in [2.05, 4.69) is 5.32 Å². The van der Waals surface area contributed by atoms with Gasteiger partial charge in [-0.05, 0) is 42.5 Å². The first-order chi connectivity index (χ1) is 14.4. The molecular formula is C20H23N3O4S3. The van der Waals surface area contributed by atoms with E-state index < -0.39 is 10.0 Å². The first-order valence-corrected chi connectivity index (χ1v) is 13.1. The van der Waals surface area contributed by atoms with E-state index in [1.807, 2.05) is 17.5 Å². The smallest absolute Gasteiger partial charge is 0.243 e. The molecule has 1 aromatic heterocycles. The summed E-state index contributed by atoms with van der Waals surface area (Å²) in [6, 6.07) is 8.72. The monoisotopic (exact) mass is 465 g/mol. The molecule has 0 unspecified atom stereocenters. The maximum atomic E-state index is 13.1. The summed E-state index contributed by atoms with van der Waals surface area (Å²) in [6.07, 6.45) is 2.75. The van der Waals surface area contributed by atoms with Crippen LogP contribution in [0, 0.1) is 0 Å². The second-order valence-corrected chi connectivity index (χ2v) is 11.2.